The van der Waals surface area contributed by atoms with Crippen molar-refractivity contribution in [1.29, 1.82) is 0 Å². The van der Waals surface area contributed by atoms with Gasteiger partial charge in [-0.3, -0.25) is 0 Å². The Labute approximate surface area is 368 Å². The number of aliphatic hydroxyl groups is 4. The average molecular weight is 853 g/mol. The van der Waals surface area contributed by atoms with Gasteiger partial charge in [-0.15, -0.1) is 0 Å². The number of hydrogen-bond donors (Lipinski definition) is 9. The van der Waals surface area contributed by atoms with Crippen LogP contribution in [-0.2, 0) is 32.3 Å². The summed E-state index contributed by atoms with van der Waals surface area (Å²) in [6, 6.07) is 17.6. The summed E-state index contributed by atoms with van der Waals surface area (Å²) >= 11 is 0. The molecule has 3 aliphatic carbocycles. The number of likely N-dealkylation sites (N-methyl/N-ethyl adjacent to an activating group) is 1. The van der Waals surface area contributed by atoms with Crippen LogP contribution in [0.25, 0.3) is 6.08 Å². The molecule has 0 spiro atoms. The van der Waals surface area contributed by atoms with Crippen LogP contribution in [0.3, 0.4) is 0 Å². The monoisotopic (exact) mass is 853 g/mol. The molecule has 4 aromatic rings. The second-order valence-electron chi connectivity index (χ2n) is 18.5. The van der Waals surface area contributed by atoms with E-state index >= 15 is 0 Å². The highest BCUT2D eigenvalue weighted by molar-refractivity contribution is 5.57. The van der Waals surface area contributed by atoms with Gasteiger partial charge in [0.1, 0.15) is 24.2 Å². The first-order chi connectivity index (χ1) is 30.1. The van der Waals surface area contributed by atoms with Gasteiger partial charge in [0.2, 0.25) is 0 Å². The zero-order valence-electron chi connectivity index (χ0n) is 36.9. The molecule has 2 aromatic heterocycles. The van der Waals surface area contributed by atoms with Crippen molar-refractivity contribution in [2.24, 2.45) is 23.5 Å². The zero-order chi connectivity index (χ0) is 43.6. The van der Waals surface area contributed by atoms with E-state index in [1.165, 1.54) is 30.5 Å². The van der Waals surface area contributed by atoms with Gasteiger partial charge in [-0.2, -0.15) is 0 Å². The molecule has 0 amide bonds. The van der Waals surface area contributed by atoms with Crippen molar-refractivity contribution in [2.45, 2.75) is 140 Å². The van der Waals surface area contributed by atoms with E-state index < -0.39 is 18.3 Å². The van der Waals surface area contributed by atoms with Gasteiger partial charge < -0.3 is 56.0 Å². The lowest BCUT2D eigenvalue weighted by molar-refractivity contribution is 0.103. The molecule has 2 aromatic carbocycles. The average Bonchev–Trinajstić information content (AvgIpc) is 4.00. The Morgan fingerprint density at radius 2 is 1.79 bits per heavy atom. The number of hydrogen-bond acceptors (Lipinski definition) is 10. The van der Waals surface area contributed by atoms with Crippen LogP contribution < -0.4 is 21.1 Å². The summed E-state index contributed by atoms with van der Waals surface area (Å²) in [5.74, 6) is 3.53. The molecular weight excluding hydrogens is 781 g/mol. The molecule has 9 unspecified atom stereocenters. The number of nitrogens with one attached hydrogen (secondary N) is 3. The summed E-state index contributed by atoms with van der Waals surface area (Å²) in [6.45, 7) is 3.04. The highest BCUT2D eigenvalue weighted by Crippen LogP contribution is 2.49. The SMILES string of the molecule is CNCC(NCC(C)O)C1c2cc(C(O)COc3cc(CCc4cc(CO)c(CCCCCCC(N)CC5C=Cc6ccccc6C5O)o4)ccc3O)[nH]c2CCC2CCCC21. The largest absolute Gasteiger partial charge is 0.504 e. The maximum absolute atomic E-state index is 11.4. The molecule has 0 aliphatic heterocycles. The number of fused-ring (bicyclic) bond motifs is 3. The number of ether oxygens (including phenoxy) is 1. The summed E-state index contributed by atoms with van der Waals surface area (Å²) in [6.07, 6.45) is 16.0. The van der Waals surface area contributed by atoms with Crippen molar-refractivity contribution >= 4 is 6.08 Å². The lowest BCUT2D eigenvalue weighted by atomic mass is 9.76. The smallest absolute Gasteiger partial charge is 0.161 e. The molecule has 11 nitrogen and oxygen atoms in total. The fraction of sp³-hybridized carbons (Fsp3) is 0.569. The van der Waals surface area contributed by atoms with Gasteiger partial charge in [0.25, 0.3) is 0 Å². The molecule has 62 heavy (non-hydrogen) atoms. The predicted octanol–water partition coefficient (Wildman–Crippen LogP) is 7.29. The second kappa shape index (κ2) is 22.1. The summed E-state index contributed by atoms with van der Waals surface area (Å²) in [7, 11) is 1.97. The molecule has 7 rings (SSSR count). The quantitative estimate of drug-likeness (QED) is 0.0343. The lowest BCUT2D eigenvalue weighted by Gasteiger charge is -2.35. The van der Waals surface area contributed by atoms with Gasteiger partial charge in [0, 0.05) is 66.8 Å². The minimum atomic E-state index is -0.910. The fourth-order valence-corrected chi connectivity index (χ4v) is 10.6. The fourth-order valence-electron chi connectivity index (χ4n) is 10.6. The molecule has 1 fully saturated rings. The number of aromatic nitrogens is 1. The summed E-state index contributed by atoms with van der Waals surface area (Å²) in [5, 5.41) is 60.3. The Hall–Kier alpha value is -3.94. The van der Waals surface area contributed by atoms with Crippen LogP contribution in [0.2, 0.25) is 0 Å². The third-order valence-electron chi connectivity index (χ3n) is 13.9. The minimum absolute atomic E-state index is 0.0147. The molecule has 338 valence electrons. The third kappa shape index (κ3) is 11.6. The van der Waals surface area contributed by atoms with E-state index in [4.69, 9.17) is 14.9 Å². The van der Waals surface area contributed by atoms with E-state index in [0.29, 0.717) is 37.0 Å². The highest BCUT2D eigenvalue weighted by atomic mass is 16.5. The number of nitrogens with two attached hydrogens (primary N) is 1. The van der Waals surface area contributed by atoms with Gasteiger partial charge >= 0.3 is 0 Å². The van der Waals surface area contributed by atoms with Crippen molar-refractivity contribution in [3.8, 4) is 11.5 Å². The Balaban J connectivity index is 0.873. The van der Waals surface area contributed by atoms with Crippen molar-refractivity contribution in [2.75, 3.05) is 26.7 Å². The summed E-state index contributed by atoms with van der Waals surface area (Å²) in [5.41, 5.74) is 13.5. The molecule has 9 atom stereocenters. The Bertz CT molecular complexity index is 2040. The summed E-state index contributed by atoms with van der Waals surface area (Å²) < 4.78 is 12.3. The number of aromatic hydroxyl groups is 1. The number of aromatic amines is 1. The molecule has 1 saturated carbocycles. The Morgan fingerprint density at radius 1 is 0.952 bits per heavy atom. The minimum Gasteiger partial charge on any atom is -0.504 e. The Morgan fingerprint density at radius 3 is 2.61 bits per heavy atom. The van der Waals surface area contributed by atoms with Gasteiger partial charge in [-0.05, 0) is 117 Å². The number of rotatable bonds is 23. The number of aryl methyl sites for hydroxylation is 4. The molecule has 10 N–H and O–H groups in total. The van der Waals surface area contributed by atoms with Crippen molar-refractivity contribution < 1.29 is 34.7 Å². The molecule has 3 aliphatic rings. The highest BCUT2D eigenvalue weighted by Gasteiger charge is 2.42. The van der Waals surface area contributed by atoms with Crippen molar-refractivity contribution in [1.82, 2.24) is 15.6 Å². The number of phenolic OH excluding ortho intramolecular Hbond substituents is 1. The van der Waals surface area contributed by atoms with E-state index in [-0.39, 0.29) is 42.9 Å². The number of H-pyrrole nitrogens is 1. The van der Waals surface area contributed by atoms with Crippen LogP contribution in [0, 0.1) is 17.8 Å². The third-order valence-corrected chi connectivity index (χ3v) is 13.9. The molecule has 0 radical (unpaired) electrons. The summed E-state index contributed by atoms with van der Waals surface area (Å²) in [4.78, 5) is 3.58. The molecule has 11 heteroatoms. The molecule has 0 bridgehead atoms. The van der Waals surface area contributed by atoms with Crippen molar-refractivity contribution in [3.05, 3.63) is 111 Å². The molecule has 0 saturated heterocycles. The molecular formula is C51H72N4O7. The van der Waals surface area contributed by atoms with Crippen LogP contribution in [0.4, 0.5) is 0 Å². The second-order valence-corrected chi connectivity index (χ2v) is 18.5. The predicted molar refractivity (Wildman–Crippen MR) is 244 cm³/mol. The molecule has 2 heterocycles. The topological polar surface area (TPSA) is 189 Å². The van der Waals surface area contributed by atoms with E-state index in [0.717, 1.165) is 104 Å². The van der Waals surface area contributed by atoms with Gasteiger partial charge in [-0.1, -0.05) is 74.6 Å². The van der Waals surface area contributed by atoms with Crippen molar-refractivity contribution in [3.63, 3.8) is 0 Å². The number of aliphatic hydroxyl groups excluding tert-OH is 4. The maximum atomic E-state index is 11.4. The van der Waals surface area contributed by atoms with Gasteiger partial charge in [0.05, 0.1) is 18.8 Å². The van der Waals surface area contributed by atoms with E-state index in [1.54, 1.807) is 6.07 Å². The zero-order valence-corrected chi connectivity index (χ0v) is 36.9. The number of furan rings is 1. The number of benzene rings is 2. The van der Waals surface area contributed by atoms with Gasteiger partial charge in [0.15, 0.2) is 11.5 Å². The van der Waals surface area contributed by atoms with Crippen LogP contribution in [0.5, 0.6) is 11.5 Å². The first-order valence-corrected chi connectivity index (χ1v) is 23.4. The van der Waals surface area contributed by atoms with Crippen LogP contribution in [-0.4, -0.2) is 75.4 Å². The van der Waals surface area contributed by atoms with Crippen LogP contribution >= 0.6 is 0 Å². The normalized spacial score (nSPS) is 22.7. The van der Waals surface area contributed by atoms with Gasteiger partial charge in [-0.25, -0.2) is 0 Å². The first-order valence-electron chi connectivity index (χ1n) is 23.4. The standard InChI is InChI=1S/C51H72N4O7/c1-32(57)28-54-45(29-53-2)50-40-14-9-11-34(40)20-22-43-42(50)27-44(55-43)47(59)31-61-49-24-33(17-23-46(49)58)16-21-39-26-37(30-56)48(62-39)15-6-4-3-5-12-38(52)25-36-19-18-35-10-7-8-13-41(35)51(36)60/h7-8,10,13,17-19,23-24,26-27,32,34,36,38,40,45,47,50-51,53-60H,3-6,9,11-12,14-16,20-22,25,28-31,52H2,1-2H3. The van der Waals surface area contributed by atoms with Crippen LogP contribution in [0.15, 0.2) is 65.1 Å². The number of phenols is 1. The van der Waals surface area contributed by atoms with Crippen LogP contribution in [0.1, 0.15) is 140 Å². The van der Waals surface area contributed by atoms with E-state index in [1.807, 2.05) is 56.4 Å². The Kier molecular flexibility index (Phi) is 16.4. The lowest BCUT2D eigenvalue weighted by Crippen LogP contribution is -2.47. The number of unbranched alkanes of at least 4 members (excludes halogenated alkanes) is 3. The van der Waals surface area contributed by atoms with E-state index in [2.05, 4.69) is 33.8 Å². The first kappa shape index (κ1) is 46.1. The van der Waals surface area contributed by atoms with E-state index in [9.17, 15) is 25.5 Å². The maximum Gasteiger partial charge on any atom is 0.161 e.